The van der Waals surface area contributed by atoms with Crippen LogP contribution in [0, 0.1) is 6.92 Å². The Kier molecular flexibility index (Phi) is 6.64. The van der Waals surface area contributed by atoms with Crippen LogP contribution < -0.4 is 5.63 Å². The van der Waals surface area contributed by atoms with Crippen LogP contribution in [0.4, 0.5) is 0 Å². The standard InChI is InChI=1S/C29H23NO4S/c1-19-11-13-20(14-12-19)25-18-27(22-8-3-4-9-24(22)30-25)35-16-6-15-33-28(31)23-17-21-7-2-5-10-26(21)34-29(23)32/h2-5,7-14,17-18H,6,15-16H2,1H3. The van der Waals surface area contributed by atoms with Crippen molar-refractivity contribution in [2.75, 3.05) is 12.4 Å². The van der Waals surface area contributed by atoms with Crippen molar-refractivity contribution >= 4 is 39.6 Å². The number of rotatable bonds is 7. The lowest BCUT2D eigenvalue weighted by Gasteiger charge is -2.10. The molecule has 0 aliphatic rings. The maximum atomic E-state index is 12.4. The third-order valence-corrected chi connectivity index (χ3v) is 6.81. The summed E-state index contributed by atoms with van der Waals surface area (Å²) in [7, 11) is 0. The summed E-state index contributed by atoms with van der Waals surface area (Å²) in [5.74, 6) is 0.0894. The summed E-state index contributed by atoms with van der Waals surface area (Å²) in [6, 6.07) is 27.2. The Bertz CT molecular complexity index is 1570. The zero-order chi connectivity index (χ0) is 24.2. The first-order valence-electron chi connectivity index (χ1n) is 11.4. The highest BCUT2D eigenvalue weighted by molar-refractivity contribution is 7.99. The van der Waals surface area contributed by atoms with Gasteiger partial charge in [-0.3, -0.25) is 0 Å². The second-order valence-electron chi connectivity index (χ2n) is 8.21. The van der Waals surface area contributed by atoms with E-state index in [0.29, 0.717) is 17.4 Å². The van der Waals surface area contributed by atoms with Crippen molar-refractivity contribution in [2.45, 2.75) is 18.2 Å². The minimum absolute atomic E-state index is 0.0841. The van der Waals surface area contributed by atoms with Gasteiger partial charge < -0.3 is 9.15 Å². The Labute approximate surface area is 206 Å². The molecule has 35 heavy (non-hydrogen) atoms. The van der Waals surface area contributed by atoms with Crippen molar-refractivity contribution in [3.63, 3.8) is 0 Å². The summed E-state index contributed by atoms with van der Waals surface area (Å²) in [5, 5.41) is 1.78. The molecule has 2 heterocycles. The predicted octanol–water partition coefficient (Wildman–Crippen LogP) is 6.66. The first-order chi connectivity index (χ1) is 17.1. The molecule has 0 N–H and O–H groups in total. The fraction of sp³-hybridized carbons (Fsp3) is 0.138. The van der Waals surface area contributed by atoms with E-state index >= 15 is 0 Å². The molecule has 0 saturated carbocycles. The SMILES string of the molecule is Cc1ccc(-c2cc(SCCCOC(=O)c3cc4ccccc4oc3=O)c3ccccc3n2)cc1. The van der Waals surface area contributed by atoms with Crippen LogP contribution in [0.2, 0.25) is 0 Å². The van der Waals surface area contributed by atoms with E-state index < -0.39 is 11.6 Å². The highest BCUT2D eigenvalue weighted by atomic mass is 32.2. The second-order valence-corrected chi connectivity index (χ2v) is 9.35. The Hall–Kier alpha value is -3.90. The lowest BCUT2D eigenvalue weighted by atomic mass is 10.1. The topological polar surface area (TPSA) is 69.4 Å². The molecule has 5 aromatic rings. The van der Waals surface area contributed by atoms with Crippen LogP contribution in [-0.4, -0.2) is 23.3 Å². The minimum atomic E-state index is -0.685. The van der Waals surface area contributed by atoms with Gasteiger partial charge in [0.2, 0.25) is 0 Å². The Morgan fingerprint density at radius 3 is 2.60 bits per heavy atom. The first-order valence-corrected chi connectivity index (χ1v) is 12.4. The summed E-state index contributed by atoms with van der Waals surface area (Å²) in [6.45, 7) is 2.28. The average Bonchev–Trinajstić information content (AvgIpc) is 2.88. The Morgan fingerprint density at radius 1 is 0.971 bits per heavy atom. The maximum Gasteiger partial charge on any atom is 0.351 e. The zero-order valence-corrected chi connectivity index (χ0v) is 20.0. The summed E-state index contributed by atoms with van der Waals surface area (Å²) in [6.07, 6.45) is 0.645. The van der Waals surface area contributed by atoms with Gasteiger partial charge in [0.25, 0.3) is 0 Å². The van der Waals surface area contributed by atoms with Crippen molar-refractivity contribution in [1.29, 1.82) is 0 Å². The number of hydrogen-bond donors (Lipinski definition) is 0. The quantitative estimate of drug-likeness (QED) is 0.112. The van der Waals surface area contributed by atoms with Gasteiger partial charge in [-0.15, -0.1) is 11.8 Å². The number of thioether (sulfide) groups is 1. The summed E-state index contributed by atoms with van der Waals surface area (Å²) in [4.78, 5) is 30.6. The molecule has 0 unspecified atom stereocenters. The number of aromatic nitrogens is 1. The van der Waals surface area contributed by atoms with Gasteiger partial charge in [-0.05, 0) is 37.6 Å². The number of ether oxygens (including phenoxy) is 1. The molecular weight excluding hydrogens is 458 g/mol. The lowest BCUT2D eigenvalue weighted by Crippen LogP contribution is -2.17. The smallest absolute Gasteiger partial charge is 0.351 e. The number of benzene rings is 3. The molecule has 6 heteroatoms. The molecule has 0 bridgehead atoms. The van der Waals surface area contributed by atoms with E-state index in [1.54, 1.807) is 30.0 Å². The number of pyridine rings is 1. The number of esters is 1. The van der Waals surface area contributed by atoms with Gasteiger partial charge in [0.05, 0.1) is 17.8 Å². The number of hydrogen-bond acceptors (Lipinski definition) is 6. The van der Waals surface area contributed by atoms with Crippen molar-refractivity contribution in [1.82, 2.24) is 4.98 Å². The molecule has 174 valence electrons. The van der Waals surface area contributed by atoms with Gasteiger partial charge >= 0.3 is 11.6 Å². The van der Waals surface area contributed by atoms with E-state index in [1.165, 1.54) is 11.6 Å². The highest BCUT2D eigenvalue weighted by Gasteiger charge is 2.15. The molecule has 0 amide bonds. The maximum absolute atomic E-state index is 12.4. The van der Waals surface area contributed by atoms with E-state index in [0.717, 1.165) is 32.8 Å². The molecular formula is C29H23NO4S. The monoisotopic (exact) mass is 481 g/mol. The highest BCUT2D eigenvalue weighted by Crippen LogP contribution is 2.32. The van der Waals surface area contributed by atoms with E-state index in [4.69, 9.17) is 14.1 Å². The molecule has 0 aliphatic carbocycles. The van der Waals surface area contributed by atoms with Gasteiger partial charge in [0.1, 0.15) is 11.1 Å². The number of carbonyl (C=O) groups is 1. The van der Waals surface area contributed by atoms with Gasteiger partial charge in [-0.25, -0.2) is 14.6 Å². The van der Waals surface area contributed by atoms with Crippen molar-refractivity contribution in [3.8, 4) is 11.3 Å². The van der Waals surface area contributed by atoms with Gasteiger partial charge in [0, 0.05) is 27.0 Å². The minimum Gasteiger partial charge on any atom is -0.462 e. The van der Waals surface area contributed by atoms with Crippen LogP contribution in [0.15, 0.2) is 99.0 Å². The van der Waals surface area contributed by atoms with Crippen LogP contribution in [0.25, 0.3) is 33.1 Å². The molecule has 0 saturated heterocycles. The fourth-order valence-electron chi connectivity index (χ4n) is 3.82. The van der Waals surface area contributed by atoms with E-state index in [2.05, 4.69) is 43.3 Å². The molecule has 0 spiro atoms. The molecule has 0 atom stereocenters. The predicted molar refractivity (Wildman–Crippen MR) is 140 cm³/mol. The van der Waals surface area contributed by atoms with Gasteiger partial charge in [-0.1, -0.05) is 66.2 Å². The van der Waals surface area contributed by atoms with Crippen LogP contribution in [0.5, 0.6) is 0 Å². The zero-order valence-electron chi connectivity index (χ0n) is 19.2. The first kappa shape index (κ1) is 22.9. The molecule has 2 aromatic heterocycles. The molecule has 5 rings (SSSR count). The number of carbonyl (C=O) groups excluding carboxylic acids is 1. The molecule has 0 fully saturated rings. The molecule has 0 aliphatic heterocycles. The molecule has 3 aromatic carbocycles. The molecule has 5 nitrogen and oxygen atoms in total. The van der Waals surface area contributed by atoms with Crippen molar-refractivity contribution in [2.24, 2.45) is 0 Å². The van der Waals surface area contributed by atoms with Crippen LogP contribution in [0.1, 0.15) is 22.3 Å². The summed E-state index contributed by atoms with van der Waals surface area (Å²) < 4.78 is 10.6. The lowest BCUT2D eigenvalue weighted by molar-refractivity contribution is 0.0501. The Morgan fingerprint density at radius 2 is 1.74 bits per heavy atom. The fourth-order valence-corrected chi connectivity index (χ4v) is 4.83. The summed E-state index contributed by atoms with van der Waals surface area (Å²) >= 11 is 1.70. The second kappa shape index (κ2) is 10.2. The number of fused-ring (bicyclic) bond motifs is 2. The van der Waals surface area contributed by atoms with E-state index in [-0.39, 0.29) is 12.2 Å². The van der Waals surface area contributed by atoms with Crippen LogP contribution in [0.3, 0.4) is 0 Å². The summed E-state index contributed by atoms with van der Waals surface area (Å²) in [5.41, 5.74) is 3.84. The van der Waals surface area contributed by atoms with Gasteiger partial charge in [0.15, 0.2) is 0 Å². The van der Waals surface area contributed by atoms with E-state index in [1.807, 2.05) is 24.3 Å². The third-order valence-electron chi connectivity index (χ3n) is 5.67. The van der Waals surface area contributed by atoms with Crippen molar-refractivity contribution < 1.29 is 13.9 Å². The average molecular weight is 482 g/mol. The Balaban J connectivity index is 1.25. The number of nitrogens with zero attached hydrogens (tertiary/aromatic N) is 1. The largest absolute Gasteiger partial charge is 0.462 e. The number of aryl methyl sites for hydroxylation is 1. The van der Waals surface area contributed by atoms with Crippen LogP contribution >= 0.6 is 11.8 Å². The van der Waals surface area contributed by atoms with Crippen molar-refractivity contribution in [3.05, 3.63) is 106 Å². The molecule has 0 radical (unpaired) electrons. The number of para-hydroxylation sites is 2. The normalized spacial score (nSPS) is 11.1. The van der Waals surface area contributed by atoms with Crippen LogP contribution in [-0.2, 0) is 4.74 Å². The van der Waals surface area contributed by atoms with E-state index in [9.17, 15) is 9.59 Å². The third kappa shape index (κ3) is 5.12. The van der Waals surface area contributed by atoms with Gasteiger partial charge in [-0.2, -0.15) is 0 Å².